The van der Waals surface area contributed by atoms with Gasteiger partial charge in [0.1, 0.15) is 18.0 Å². The molecule has 4 rings (SSSR count). The molecule has 200 valence electrons. The molecule has 0 aliphatic carbocycles. The van der Waals surface area contributed by atoms with Crippen molar-refractivity contribution in [1.82, 2.24) is 10.6 Å². The van der Waals surface area contributed by atoms with E-state index >= 15 is 0 Å². The fourth-order valence-electron chi connectivity index (χ4n) is 4.07. The zero-order chi connectivity index (χ0) is 27.8. The predicted octanol–water partition coefficient (Wildman–Crippen LogP) is 2.61. The Bertz CT molecular complexity index is 1370. The van der Waals surface area contributed by atoms with E-state index in [1.807, 2.05) is 42.5 Å². The molecule has 1 unspecified atom stereocenters. The third-order valence-electron chi connectivity index (χ3n) is 6.22. The minimum atomic E-state index is -1.07. The Morgan fingerprint density at radius 3 is 2.23 bits per heavy atom. The van der Waals surface area contributed by atoms with Crippen molar-refractivity contribution in [3.05, 3.63) is 95.6 Å². The van der Waals surface area contributed by atoms with Gasteiger partial charge in [0.2, 0.25) is 5.91 Å². The van der Waals surface area contributed by atoms with Gasteiger partial charge in [-0.2, -0.15) is 0 Å². The van der Waals surface area contributed by atoms with Crippen LogP contribution in [0.1, 0.15) is 34.3 Å². The number of amidine groups is 1. The van der Waals surface area contributed by atoms with E-state index in [1.54, 1.807) is 36.4 Å². The third-order valence-corrected chi connectivity index (χ3v) is 6.22. The molecule has 1 aliphatic rings. The smallest absolute Gasteiger partial charge is 0.330 e. The second-order valence-electron chi connectivity index (χ2n) is 8.96. The van der Waals surface area contributed by atoms with Gasteiger partial charge in [0.25, 0.3) is 5.91 Å². The van der Waals surface area contributed by atoms with Crippen LogP contribution in [-0.4, -0.2) is 55.1 Å². The molecule has 0 saturated heterocycles. The quantitative estimate of drug-likeness (QED) is 0.180. The first-order chi connectivity index (χ1) is 18.8. The summed E-state index contributed by atoms with van der Waals surface area (Å²) in [4.78, 5) is 43.0. The predicted molar refractivity (Wildman–Crippen MR) is 146 cm³/mol. The molecule has 1 heterocycles. The van der Waals surface area contributed by atoms with Crippen molar-refractivity contribution in [2.75, 3.05) is 13.7 Å². The summed E-state index contributed by atoms with van der Waals surface area (Å²) >= 11 is 0. The van der Waals surface area contributed by atoms with Crippen LogP contribution < -0.4 is 16.4 Å². The Morgan fingerprint density at radius 2 is 1.59 bits per heavy atom. The van der Waals surface area contributed by atoms with E-state index in [4.69, 9.17) is 20.7 Å². The van der Waals surface area contributed by atoms with E-state index in [1.165, 1.54) is 7.11 Å². The first-order valence-corrected chi connectivity index (χ1v) is 12.3. The van der Waals surface area contributed by atoms with Gasteiger partial charge < -0.3 is 25.9 Å². The van der Waals surface area contributed by atoms with Crippen molar-refractivity contribution >= 4 is 29.3 Å². The van der Waals surface area contributed by atoms with Crippen molar-refractivity contribution in [3.63, 3.8) is 0 Å². The largest absolute Gasteiger partial charge is 0.467 e. The van der Waals surface area contributed by atoms with Gasteiger partial charge in [-0.1, -0.05) is 71.9 Å². The zero-order valence-corrected chi connectivity index (χ0v) is 21.3. The highest BCUT2D eigenvalue weighted by molar-refractivity contribution is 6.03. The molecular weight excluding hydrogens is 498 g/mol. The fraction of sp³-hybridized carbons (Fsp3) is 0.207. The minimum absolute atomic E-state index is 0.0152. The molecule has 0 radical (unpaired) electrons. The summed E-state index contributed by atoms with van der Waals surface area (Å²) in [5.41, 5.74) is 9.93. The number of esters is 1. The topological polar surface area (TPSA) is 156 Å². The van der Waals surface area contributed by atoms with Crippen molar-refractivity contribution in [2.24, 2.45) is 10.9 Å². The van der Waals surface area contributed by atoms with Crippen LogP contribution >= 0.6 is 0 Å². The summed E-state index contributed by atoms with van der Waals surface area (Å²) in [6.07, 6.45) is -0.0358. The number of carbonyl (C=O) groups is 3. The molecule has 2 atom stereocenters. The lowest BCUT2D eigenvalue weighted by Gasteiger charge is -2.18. The van der Waals surface area contributed by atoms with Gasteiger partial charge in [-0.15, -0.1) is 0 Å². The van der Waals surface area contributed by atoms with E-state index in [9.17, 15) is 14.4 Å². The van der Waals surface area contributed by atoms with Crippen LogP contribution in [0.3, 0.4) is 0 Å². The van der Waals surface area contributed by atoms with Crippen LogP contribution in [0.15, 0.2) is 84.0 Å². The summed E-state index contributed by atoms with van der Waals surface area (Å²) in [6.45, 7) is -0.147. The fourth-order valence-corrected chi connectivity index (χ4v) is 4.07. The van der Waals surface area contributed by atoms with E-state index < -0.39 is 24.0 Å². The summed E-state index contributed by atoms with van der Waals surface area (Å²) in [5.74, 6) is -1.53. The standard InChI is InChI=1S/C29H29N5O5/c1-38-29(37)25(33-28(36)22-13-7-19(8-14-22)18-5-3-2-4-6-18)17-32-26(35)16-23-15-24(34-39-23)20-9-11-21(12-10-20)27(30)31/h2-14,23,25H,15-17H2,1H3,(H3,30,31)(H,32,35)(H,33,36)/t23?,25-/m0/s1. The lowest BCUT2D eigenvalue weighted by Crippen LogP contribution is -2.49. The number of amides is 2. The number of nitrogen functional groups attached to an aromatic ring is 1. The Balaban J connectivity index is 1.28. The van der Waals surface area contributed by atoms with Crippen LogP contribution in [0, 0.1) is 5.41 Å². The number of nitrogens with zero attached hydrogens (tertiary/aromatic N) is 1. The number of ether oxygens (including phenoxy) is 1. The maximum absolute atomic E-state index is 12.8. The molecule has 0 fully saturated rings. The molecule has 10 nitrogen and oxygen atoms in total. The molecule has 0 saturated carbocycles. The van der Waals surface area contributed by atoms with Gasteiger partial charge in [0.05, 0.1) is 19.2 Å². The highest BCUT2D eigenvalue weighted by Crippen LogP contribution is 2.20. The number of nitrogens with two attached hydrogens (primary N) is 1. The number of nitrogens with one attached hydrogen (secondary N) is 3. The molecule has 0 spiro atoms. The normalized spacial score (nSPS) is 14.9. The maximum atomic E-state index is 12.8. The highest BCUT2D eigenvalue weighted by atomic mass is 16.6. The van der Waals surface area contributed by atoms with Crippen LogP contribution in [0.2, 0.25) is 0 Å². The number of benzene rings is 3. The lowest BCUT2D eigenvalue weighted by molar-refractivity contribution is -0.142. The van der Waals surface area contributed by atoms with Crippen LogP contribution in [0.4, 0.5) is 0 Å². The number of rotatable bonds is 10. The summed E-state index contributed by atoms with van der Waals surface area (Å²) in [5, 5.41) is 16.8. The number of carbonyl (C=O) groups excluding carboxylic acids is 3. The monoisotopic (exact) mass is 527 g/mol. The van der Waals surface area contributed by atoms with Crippen molar-refractivity contribution in [1.29, 1.82) is 5.41 Å². The molecule has 5 N–H and O–H groups in total. The summed E-state index contributed by atoms with van der Waals surface area (Å²) in [7, 11) is 1.21. The molecule has 3 aromatic rings. The van der Waals surface area contributed by atoms with Crippen LogP contribution in [-0.2, 0) is 19.2 Å². The molecule has 3 aromatic carbocycles. The van der Waals surface area contributed by atoms with E-state index in [2.05, 4.69) is 15.8 Å². The van der Waals surface area contributed by atoms with E-state index in [-0.39, 0.29) is 24.7 Å². The molecule has 2 amide bonds. The number of hydrogen-bond acceptors (Lipinski definition) is 7. The van der Waals surface area contributed by atoms with Crippen molar-refractivity contribution in [2.45, 2.75) is 25.0 Å². The Hall–Kier alpha value is -4.99. The molecule has 0 bridgehead atoms. The van der Waals surface area contributed by atoms with Gasteiger partial charge >= 0.3 is 5.97 Å². The maximum Gasteiger partial charge on any atom is 0.330 e. The van der Waals surface area contributed by atoms with Crippen LogP contribution in [0.5, 0.6) is 0 Å². The second-order valence-corrected chi connectivity index (χ2v) is 8.96. The van der Waals surface area contributed by atoms with Crippen LogP contribution in [0.25, 0.3) is 11.1 Å². The SMILES string of the molecule is COC(=O)[C@H](CNC(=O)CC1CC(c2ccc(C(=N)N)cc2)=NO1)NC(=O)c1ccc(-c2ccccc2)cc1. The van der Waals surface area contributed by atoms with Crippen molar-refractivity contribution in [3.8, 4) is 11.1 Å². The van der Waals surface area contributed by atoms with E-state index in [0.717, 1.165) is 16.7 Å². The van der Waals surface area contributed by atoms with Gasteiger partial charge in [-0.05, 0) is 28.8 Å². The van der Waals surface area contributed by atoms with E-state index in [0.29, 0.717) is 23.3 Å². The first-order valence-electron chi connectivity index (χ1n) is 12.3. The van der Waals surface area contributed by atoms with Gasteiger partial charge in [0.15, 0.2) is 0 Å². The number of hydrogen-bond donors (Lipinski definition) is 4. The third kappa shape index (κ3) is 7.07. The first kappa shape index (κ1) is 27.1. The Morgan fingerprint density at radius 1 is 0.974 bits per heavy atom. The second kappa shape index (κ2) is 12.5. The molecule has 0 aromatic heterocycles. The molecule has 39 heavy (non-hydrogen) atoms. The molecule has 10 heteroatoms. The van der Waals surface area contributed by atoms with Gasteiger partial charge in [-0.3, -0.25) is 15.0 Å². The molecular formula is C29H29N5O5. The zero-order valence-electron chi connectivity index (χ0n) is 21.3. The Kier molecular flexibility index (Phi) is 8.67. The minimum Gasteiger partial charge on any atom is -0.467 e. The Labute approximate surface area is 225 Å². The number of methoxy groups -OCH3 is 1. The van der Waals surface area contributed by atoms with Gasteiger partial charge in [0, 0.05) is 24.1 Å². The number of oxime groups is 1. The molecule has 1 aliphatic heterocycles. The summed E-state index contributed by atoms with van der Waals surface area (Å²) < 4.78 is 4.81. The average molecular weight is 528 g/mol. The van der Waals surface area contributed by atoms with Gasteiger partial charge in [-0.25, -0.2) is 4.79 Å². The average Bonchev–Trinajstić information content (AvgIpc) is 3.43. The highest BCUT2D eigenvalue weighted by Gasteiger charge is 2.27. The summed E-state index contributed by atoms with van der Waals surface area (Å²) in [6, 6.07) is 22.7. The van der Waals surface area contributed by atoms with Crippen molar-refractivity contribution < 1.29 is 24.0 Å². The lowest BCUT2D eigenvalue weighted by atomic mass is 10.0.